The number of ether oxygens (including phenoxy) is 1. The third-order valence-electron chi connectivity index (χ3n) is 6.29. The van der Waals surface area contributed by atoms with Crippen LogP contribution in [0.25, 0.3) is 0 Å². The van der Waals surface area contributed by atoms with Crippen molar-refractivity contribution < 1.29 is 14.3 Å². The van der Waals surface area contributed by atoms with Gasteiger partial charge in [0.25, 0.3) is 0 Å². The lowest BCUT2D eigenvalue weighted by atomic mass is 9.76. The molecule has 3 heteroatoms. The lowest BCUT2D eigenvalue weighted by molar-refractivity contribution is -0.155. The average molecular weight is 274 g/mol. The van der Waals surface area contributed by atoms with Crippen LogP contribution in [0.4, 0.5) is 0 Å². The monoisotopic (exact) mass is 274 g/mol. The zero-order chi connectivity index (χ0) is 13.9. The fourth-order valence-electron chi connectivity index (χ4n) is 5.25. The maximum atomic E-state index is 11.4. The summed E-state index contributed by atoms with van der Waals surface area (Å²) in [7, 11) is 0. The number of allylic oxidation sites excluding steroid dienone is 2. The predicted octanol–water partition coefficient (Wildman–Crippen LogP) is 3.09. The van der Waals surface area contributed by atoms with E-state index in [4.69, 9.17) is 0 Å². The zero-order valence-electron chi connectivity index (χ0n) is 12.0. The molecule has 0 aromatic heterocycles. The number of fused-ring (bicyclic) bond motifs is 7. The van der Waals surface area contributed by atoms with Gasteiger partial charge >= 0.3 is 11.9 Å². The van der Waals surface area contributed by atoms with Crippen LogP contribution in [-0.2, 0) is 14.3 Å². The second-order valence-electron chi connectivity index (χ2n) is 7.60. The lowest BCUT2D eigenvalue weighted by Gasteiger charge is -2.23. The molecular formula is C17H22O3. The van der Waals surface area contributed by atoms with E-state index in [1.807, 2.05) is 6.92 Å². The summed E-state index contributed by atoms with van der Waals surface area (Å²) < 4.78 is 4.66. The summed E-state index contributed by atoms with van der Waals surface area (Å²) in [4.78, 5) is 22.7. The van der Waals surface area contributed by atoms with Crippen molar-refractivity contribution in [1.82, 2.24) is 0 Å². The maximum absolute atomic E-state index is 11.4. The van der Waals surface area contributed by atoms with Crippen LogP contribution in [0, 0.1) is 35.0 Å². The molecule has 4 unspecified atom stereocenters. The van der Waals surface area contributed by atoms with Gasteiger partial charge in [-0.1, -0.05) is 44.8 Å². The molecule has 4 bridgehead atoms. The Balaban J connectivity index is 0.000000127. The van der Waals surface area contributed by atoms with Crippen LogP contribution in [0.5, 0.6) is 0 Å². The highest BCUT2D eigenvalue weighted by molar-refractivity contribution is 5.98. The normalized spacial score (nSPS) is 50.1. The molecule has 0 radical (unpaired) electrons. The number of hydrogen-bond donors (Lipinski definition) is 0. The van der Waals surface area contributed by atoms with Gasteiger partial charge in [0.1, 0.15) is 0 Å². The van der Waals surface area contributed by atoms with Crippen LogP contribution < -0.4 is 0 Å². The summed E-state index contributed by atoms with van der Waals surface area (Å²) in [5.41, 5.74) is -0.113. The van der Waals surface area contributed by atoms with Crippen molar-refractivity contribution >= 4 is 11.9 Å². The Morgan fingerprint density at radius 1 is 1.10 bits per heavy atom. The number of carbonyl (C=O) groups excluding carboxylic acids is 2. The van der Waals surface area contributed by atoms with Crippen LogP contribution in [0.1, 0.15) is 45.4 Å². The van der Waals surface area contributed by atoms with Gasteiger partial charge in [0.2, 0.25) is 0 Å². The van der Waals surface area contributed by atoms with Crippen molar-refractivity contribution in [3.8, 4) is 0 Å². The van der Waals surface area contributed by atoms with Crippen LogP contribution in [0.2, 0.25) is 0 Å². The molecule has 5 rings (SSSR count). The molecular weight excluding hydrogens is 252 g/mol. The van der Waals surface area contributed by atoms with Crippen molar-refractivity contribution in [2.45, 2.75) is 45.4 Å². The van der Waals surface area contributed by atoms with E-state index in [2.05, 4.69) is 16.9 Å². The number of rotatable bonds is 0. The van der Waals surface area contributed by atoms with E-state index < -0.39 is 0 Å². The quantitative estimate of drug-likeness (QED) is 0.387. The molecule has 20 heavy (non-hydrogen) atoms. The average Bonchev–Trinajstić information content (AvgIpc) is 3.17. The van der Waals surface area contributed by atoms with E-state index in [9.17, 15) is 9.59 Å². The Labute approximate surface area is 119 Å². The highest BCUT2D eigenvalue weighted by Crippen LogP contribution is 2.59. The molecule has 108 valence electrons. The Morgan fingerprint density at radius 2 is 1.75 bits per heavy atom. The van der Waals surface area contributed by atoms with Crippen LogP contribution in [0.15, 0.2) is 12.2 Å². The topological polar surface area (TPSA) is 43.4 Å². The van der Waals surface area contributed by atoms with Gasteiger partial charge in [-0.2, -0.15) is 0 Å². The van der Waals surface area contributed by atoms with Gasteiger partial charge in [-0.05, 0) is 30.6 Å². The first-order valence-electron chi connectivity index (χ1n) is 8.02. The molecule has 0 spiro atoms. The minimum Gasteiger partial charge on any atom is -0.393 e. The second kappa shape index (κ2) is 4.19. The van der Waals surface area contributed by atoms with E-state index >= 15 is 0 Å². The van der Waals surface area contributed by atoms with Gasteiger partial charge in [-0.25, -0.2) is 0 Å². The summed E-state index contributed by atoms with van der Waals surface area (Å²) in [6, 6.07) is 0. The van der Waals surface area contributed by atoms with Crippen molar-refractivity contribution in [2.75, 3.05) is 0 Å². The Bertz CT molecular complexity index is 476. The standard InChI is InChI=1S/C10H10O3.C7H12/c1-10-3-2-5(4-10)6-7(10)9(12)13-8(6)11;1-2-7-4-3-6(1)5-7/h2-3,5-7H,4H2,1H3;6-7H,1-5H2. The van der Waals surface area contributed by atoms with E-state index in [1.165, 1.54) is 11.8 Å². The number of carbonyl (C=O) groups is 2. The van der Waals surface area contributed by atoms with Crippen LogP contribution in [0.3, 0.4) is 0 Å². The highest BCUT2D eigenvalue weighted by atomic mass is 16.6. The Morgan fingerprint density at radius 3 is 2.25 bits per heavy atom. The molecule has 4 fully saturated rings. The largest absolute Gasteiger partial charge is 0.393 e. The summed E-state index contributed by atoms with van der Waals surface area (Å²) in [6.07, 6.45) is 12.9. The van der Waals surface area contributed by atoms with Crippen molar-refractivity contribution in [3.05, 3.63) is 12.2 Å². The summed E-state index contributed by atoms with van der Waals surface area (Å²) >= 11 is 0. The minimum absolute atomic E-state index is 0.113. The number of hydrogen-bond acceptors (Lipinski definition) is 3. The van der Waals surface area contributed by atoms with Gasteiger partial charge in [0.05, 0.1) is 11.8 Å². The first kappa shape index (κ1) is 12.6. The van der Waals surface area contributed by atoms with Gasteiger partial charge in [0, 0.05) is 5.41 Å². The summed E-state index contributed by atoms with van der Waals surface area (Å²) in [6.45, 7) is 2.04. The van der Waals surface area contributed by atoms with E-state index in [0.717, 1.165) is 6.42 Å². The number of esters is 2. The molecule has 1 saturated heterocycles. The van der Waals surface area contributed by atoms with Crippen molar-refractivity contribution in [2.24, 2.45) is 35.0 Å². The van der Waals surface area contributed by atoms with Gasteiger partial charge < -0.3 is 4.74 Å². The summed E-state index contributed by atoms with van der Waals surface area (Å²) in [5, 5.41) is 0. The first-order valence-corrected chi connectivity index (χ1v) is 8.02. The summed E-state index contributed by atoms with van der Waals surface area (Å²) in [5.74, 6) is 1.58. The third kappa shape index (κ3) is 1.71. The molecule has 4 aliphatic carbocycles. The molecule has 3 saturated carbocycles. The van der Waals surface area contributed by atoms with Crippen LogP contribution >= 0.6 is 0 Å². The molecule has 0 amide bonds. The molecule has 0 aromatic carbocycles. The predicted molar refractivity (Wildman–Crippen MR) is 73.5 cm³/mol. The molecule has 1 heterocycles. The van der Waals surface area contributed by atoms with Gasteiger partial charge in [0.15, 0.2) is 0 Å². The molecule has 1 aliphatic heterocycles. The molecule has 4 atom stereocenters. The van der Waals surface area contributed by atoms with Crippen molar-refractivity contribution in [3.63, 3.8) is 0 Å². The Kier molecular flexibility index (Phi) is 2.64. The highest BCUT2D eigenvalue weighted by Gasteiger charge is 2.63. The third-order valence-corrected chi connectivity index (χ3v) is 6.29. The van der Waals surface area contributed by atoms with Gasteiger partial charge in [-0.15, -0.1) is 0 Å². The molecule has 3 nitrogen and oxygen atoms in total. The Hall–Kier alpha value is -1.12. The smallest absolute Gasteiger partial charge is 0.318 e. The molecule has 5 aliphatic rings. The molecule has 0 aromatic rings. The zero-order valence-corrected chi connectivity index (χ0v) is 12.0. The number of cyclic esters (lactones) is 2. The molecule has 0 N–H and O–H groups in total. The second-order valence-corrected chi connectivity index (χ2v) is 7.60. The SMILES string of the molecule is C1CC2CCC1C2.CC12C=CC(C1)C1C(=O)OC(=O)C12. The van der Waals surface area contributed by atoms with E-state index in [1.54, 1.807) is 32.1 Å². The van der Waals surface area contributed by atoms with Crippen molar-refractivity contribution in [1.29, 1.82) is 0 Å². The first-order chi connectivity index (χ1) is 9.57. The lowest BCUT2D eigenvalue weighted by Crippen LogP contribution is -2.28. The maximum Gasteiger partial charge on any atom is 0.318 e. The minimum atomic E-state index is -0.315. The van der Waals surface area contributed by atoms with E-state index in [0.29, 0.717) is 0 Å². The van der Waals surface area contributed by atoms with Crippen LogP contribution in [-0.4, -0.2) is 11.9 Å². The fraction of sp³-hybridized carbons (Fsp3) is 0.765. The van der Waals surface area contributed by atoms with E-state index in [-0.39, 0.29) is 35.1 Å². The van der Waals surface area contributed by atoms with Gasteiger partial charge in [-0.3, -0.25) is 9.59 Å². The fourth-order valence-corrected chi connectivity index (χ4v) is 5.25.